The van der Waals surface area contributed by atoms with Crippen LogP contribution in [0.5, 0.6) is 5.75 Å². The van der Waals surface area contributed by atoms with Gasteiger partial charge in [0.05, 0.1) is 5.02 Å². The highest BCUT2D eigenvalue weighted by Crippen LogP contribution is 2.33. The lowest BCUT2D eigenvalue weighted by molar-refractivity contribution is 0.485. The fourth-order valence-electron chi connectivity index (χ4n) is 2.34. The van der Waals surface area contributed by atoms with Gasteiger partial charge < -0.3 is 8.60 Å². The molecular weight excluding hydrogens is 352 g/mol. The molecule has 0 unspecified atom stereocenters. The second-order valence-corrected chi connectivity index (χ2v) is 7.03. The molecule has 3 aromatic rings. The van der Waals surface area contributed by atoms with Gasteiger partial charge in [-0.1, -0.05) is 36.7 Å². The van der Waals surface area contributed by atoms with Crippen LogP contribution < -0.4 is 9.81 Å². The first kappa shape index (κ1) is 16.5. The SMILES string of the molecule is CCc1cc(=O)oc2cc(OS(=O)(=O)c3ccccc3)c(Cl)cc12. The van der Waals surface area contributed by atoms with Crippen molar-refractivity contribution >= 4 is 32.7 Å². The monoisotopic (exact) mass is 364 g/mol. The number of hydrogen-bond donors (Lipinski definition) is 0. The molecule has 5 nitrogen and oxygen atoms in total. The Labute approximate surface area is 143 Å². The van der Waals surface area contributed by atoms with Crippen LogP contribution in [0.4, 0.5) is 0 Å². The van der Waals surface area contributed by atoms with Gasteiger partial charge in [-0.2, -0.15) is 8.42 Å². The van der Waals surface area contributed by atoms with E-state index in [1.54, 1.807) is 18.2 Å². The van der Waals surface area contributed by atoms with Gasteiger partial charge in [0.15, 0.2) is 5.75 Å². The lowest BCUT2D eigenvalue weighted by Gasteiger charge is -2.10. The molecule has 2 aromatic carbocycles. The molecule has 124 valence electrons. The fourth-order valence-corrected chi connectivity index (χ4v) is 3.55. The molecule has 0 amide bonds. The zero-order valence-corrected chi connectivity index (χ0v) is 14.2. The van der Waals surface area contributed by atoms with E-state index in [4.69, 9.17) is 20.2 Å². The summed E-state index contributed by atoms with van der Waals surface area (Å²) in [6, 6.07) is 11.9. The molecule has 3 rings (SSSR count). The number of benzene rings is 2. The molecule has 0 fully saturated rings. The van der Waals surface area contributed by atoms with E-state index in [1.807, 2.05) is 6.92 Å². The maximum absolute atomic E-state index is 12.3. The van der Waals surface area contributed by atoms with Crippen molar-refractivity contribution in [1.82, 2.24) is 0 Å². The Bertz CT molecular complexity index is 1060. The summed E-state index contributed by atoms with van der Waals surface area (Å²) in [6.07, 6.45) is 0.612. The largest absolute Gasteiger partial charge is 0.423 e. The van der Waals surface area contributed by atoms with Gasteiger partial charge in [-0.3, -0.25) is 0 Å². The van der Waals surface area contributed by atoms with Crippen LogP contribution in [-0.4, -0.2) is 8.42 Å². The van der Waals surface area contributed by atoms with E-state index in [0.29, 0.717) is 11.8 Å². The average Bonchev–Trinajstić information content (AvgIpc) is 2.56. The maximum Gasteiger partial charge on any atom is 0.339 e. The van der Waals surface area contributed by atoms with E-state index in [2.05, 4.69) is 0 Å². The zero-order valence-electron chi connectivity index (χ0n) is 12.7. The summed E-state index contributed by atoms with van der Waals surface area (Å²) in [4.78, 5) is 11.6. The van der Waals surface area contributed by atoms with Gasteiger partial charge in [0.2, 0.25) is 0 Å². The van der Waals surface area contributed by atoms with Gasteiger partial charge in [0.25, 0.3) is 0 Å². The van der Waals surface area contributed by atoms with Crippen LogP contribution in [0.3, 0.4) is 0 Å². The van der Waals surface area contributed by atoms with Crippen LogP contribution in [0.1, 0.15) is 12.5 Å². The van der Waals surface area contributed by atoms with Crippen LogP contribution in [0.15, 0.2) is 62.6 Å². The number of halogens is 1. The van der Waals surface area contributed by atoms with Crippen LogP contribution >= 0.6 is 11.6 Å². The second-order valence-electron chi connectivity index (χ2n) is 5.07. The molecular formula is C17H13ClO5S. The molecule has 0 aliphatic heterocycles. The highest BCUT2D eigenvalue weighted by molar-refractivity contribution is 7.87. The minimum atomic E-state index is -4.03. The van der Waals surface area contributed by atoms with E-state index in [1.165, 1.54) is 30.3 Å². The van der Waals surface area contributed by atoms with Crippen LogP contribution in [0.25, 0.3) is 11.0 Å². The third-order valence-corrected chi connectivity index (χ3v) is 5.04. The first-order chi connectivity index (χ1) is 11.4. The summed E-state index contributed by atoms with van der Waals surface area (Å²) < 4.78 is 34.9. The Morgan fingerprint density at radius 3 is 2.50 bits per heavy atom. The fraction of sp³-hybridized carbons (Fsp3) is 0.118. The molecule has 1 heterocycles. The quantitative estimate of drug-likeness (QED) is 0.520. The van der Waals surface area contributed by atoms with Crippen molar-refractivity contribution in [1.29, 1.82) is 0 Å². The minimum Gasteiger partial charge on any atom is -0.423 e. The van der Waals surface area contributed by atoms with Gasteiger partial charge in [-0.05, 0) is 30.2 Å². The van der Waals surface area contributed by atoms with Gasteiger partial charge in [-0.15, -0.1) is 0 Å². The van der Waals surface area contributed by atoms with Crippen molar-refractivity contribution in [2.45, 2.75) is 18.2 Å². The summed E-state index contributed by atoms with van der Waals surface area (Å²) in [7, 11) is -4.03. The Kier molecular flexibility index (Phi) is 4.34. The maximum atomic E-state index is 12.3. The highest BCUT2D eigenvalue weighted by atomic mass is 35.5. The number of fused-ring (bicyclic) bond motifs is 1. The van der Waals surface area contributed by atoms with Gasteiger partial charge in [0.1, 0.15) is 10.5 Å². The molecule has 0 radical (unpaired) electrons. The molecule has 0 spiro atoms. The molecule has 0 saturated heterocycles. The number of rotatable bonds is 4. The molecule has 1 aromatic heterocycles. The Morgan fingerprint density at radius 2 is 1.83 bits per heavy atom. The second kappa shape index (κ2) is 6.30. The average molecular weight is 365 g/mol. The van der Waals surface area contributed by atoms with Crippen LogP contribution in [0, 0.1) is 0 Å². The third kappa shape index (κ3) is 3.16. The molecule has 0 N–H and O–H groups in total. The molecule has 0 aliphatic carbocycles. The summed E-state index contributed by atoms with van der Waals surface area (Å²) in [5.74, 6) is -0.0931. The summed E-state index contributed by atoms with van der Waals surface area (Å²) in [5, 5.41) is 0.761. The normalized spacial score (nSPS) is 11.6. The minimum absolute atomic E-state index is 0.00456. The van der Waals surface area contributed by atoms with E-state index < -0.39 is 15.7 Å². The van der Waals surface area contributed by atoms with Crippen molar-refractivity contribution in [3.8, 4) is 5.75 Å². The number of hydrogen-bond acceptors (Lipinski definition) is 5. The number of aryl methyl sites for hydroxylation is 1. The van der Waals surface area contributed by atoms with E-state index in [-0.39, 0.29) is 21.3 Å². The Hall–Kier alpha value is -2.31. The molecule has 24 heavy (non-hydrogen) atoms. The van der Waals surface area contributed by atoms with Crippen molar-refractivity contribution < 1.29 is 17.0 Å². The zero-order chi connectivity index (χ0) is 17.3. The van der Waals surface area contributed by atoms with Gasteiger partial charge in [-0.25, -0.2) is 4.79 Å². The molecule has 0 aliphatic rings. The molecule has 7 heteroatoms. The van der Waals surface area contributed by atoms with Crippen molar-refractivity contribution in [2.75, 3.05) is 0 Å². The third-order valence-electron chi connectivity index (χ3n) is 3.49. The predicted molar refractivity (Wildman–Crippen MR) is 91.1 cm³/mol. The molecule has 0 bridgehead atoms. The Morgan fingerprint density at radius 1 is 1.12 bits per heavy atom. The molecule has 0 atom stereocenters. The lowest BCUT2D eigenvalue weighted by Crippen LogP contribution is -2.10. The summed E-state index contributed by atoms with van der Waals surface area (Å²) in [5.41, 5.74) is 0.473. The first-order valence-corrected chi connectivity index (χ1v) is 8.95. The summed E-state index contributed by atoms with van der Waals surface area (Å²) >= 11 is 6.16. The predicted octanol–water partition coefficient (Wildman–Crippen LogP) is 3.78. The first-order valence-electron chi connectivity index (χ1n) is 7.16. The van der Waals surface area contributed by atoms with E-state index in [9.17, 15) is 13.2 Å². The topological polar surface area (TPSA) is 73.6 Å². The highest BCUT2D eigenvalue weighted by Gasteiger charge is 2.19. The van der Waals surface area contributed by atoms with Crippen molar-refractivity contribution in [3.63, 3.8) is 0 Å². The Balaban J connectivity index is 2.11. The van der Waals surface area contributed by atoms with Gasteiger partial charge >= 0.3 is 15.7 Å². The van der Waals surface area contributed by atoms with Crippen molar-refractivity contribution in [3.05, 3.63) is 69.5 Å². The van der Waals surface area contributed by atoms with Crippen LogP contribution in [0.2, 0.25) is 5.02 Å². The standard InChI is InChI=1S/C17H13ClO5S/c1-2-11-8-17(19)22-15-10-16(14(18)9-13(11)15)23-24(20,21)12-6-4-3-5-7-12/h3-10H,2H2,1H3. The van der Waals surface area contributed by atoms with Crippen LogP contribution in [-0.2, 0) is 16.5 Å². The van der Waals surface area contributed by atoms with Crippen molar-refractivity contribution in [2.24, 2.45) is 0 Å². The smallest absolute Gasteiger partial charge is 0.339 e. The molecule has 0 saturated carbocycles. The van der Waals surface area contributed by atoms with E-state index in [0.717, 1.165) is 5.56 Å². The van der Waals surface area contributed by atoms with E-state index >= 15 is 0 Å². The lowest BCUT2D eigenvalue weighted by atomic mass is 10.1. The van der Waals surface area contributed by atoms with Gasteiger partial charge in [0, 0.05) is 17.5 Å². The summed E-state index contributed by atoms with van der Waals surface area (Å²) in [6.45, 7) is 1.90.